The van der Waals surface area contributed by atoms with Crippen molar-refractivity contribution >= 4 is 23.2 Å². The van der Waals surface area contributed by atoms with Gasteiger partial charge in [0.1, 0.15) is 5.76 Å². The van der Waals surface area contributed by atoms with Gasteiger partial charge in [-0.15, -0.1) is 0 Å². The van der Waals surface area contributed by atoms with E-state index in [4.69, 9.17) is 16.0 Å². The van der Waals surface area contributed by atoms with Crippen LogP contribution in [0.3, 0.4) is 0 Å². The van der Waals surface area contributed by atoms with E-state index in [9.17, 15) is 4.79 Å². The van der Waals surface area contributed by atoms with E-state index in [1.807, 2.05) is 30.3 Å². The van der Waals surface area contributed by atoms with E-state index in [2.05, 4.69) is 10.2 Å². The molecule has 1 aliphatic carbocycles. The minimum absolute atomic E-state index is 0.00876. The standard InChI is InChI=1S/C19H23ClN2O2/c20-17-9-3-4-10-18(17)21-19(23)11-12-22(15-6-1-2-7-15)14-16-8-5-13-24-16/h3-5,8-10,13,15H,1-2,6-7,11-12,14H2,(H,21,23). The maximum atomic E-state index is 12.3. The lowest BCUT2D eigenvalue weighted by Gasteiger charge is -2.27. The predicted octanol–water partition coefficient (Wildman–Crippen LogP) is 4.71. The number of halogens is 1. The SMILES string of the molecule is O=C(CCN(Cc1ccco1)C1CCCC1)Nc1ccccc1Cl. The van der Waals surface area contributed by atoms with Crippen LogP contribution in [0.25, 0.3) is 0 Å². The first-order chi connectivity index (χ1) is 11.7. The summed E-state index contributed by atoms with van der Waals surface area (Å²) >= 11 is 6.09. The van der Waals surface area contributed by atoms with E-state index in [0.717, 1.165) is 18.8 Å². The lowest BCUT2D eigenvalue weighted by molar-refractivity contribution is -0.116. The number of hydrogen-bond acceptors (Lipinski definition) is 3. The van der Waals surface area contributed by atoms with Gasteiger partial charge in [0.25, 0.3) is 0 Å². The highest BCUT2D eigenvalue weighted by molar-refractivity contribution is 6.33. The number of para-hydroxylation sites is 1. The van der Waals surface area contributed by atoms with Gasteiger partial charge in [-0.3, -0.25) is 9.69 Å². The number of carbonyl (C=O) groups excluding carboxylic acids is 1. The van der Waals surface area contributed by atoms with Gasteiger partial charge in [-0.05, 0) is 37.1 Å². The van der Waals surface area contributed by atoms with Gasteiger partial charge in [-0.2, -0.15) is 0 Å². The Kier molecular flexibility index (Phi) is 5.94. The second-order valence-electron chi connectivity index (χ2n) is 6.27. The van der Waals surface area contributed by atoms with Crippen LogP contribution >= 0.6 is 11.6 Å². The summed E-state index contributed by atoms with van der Waals surface area (Å²) in [4.78, 5) is 14.6. The van der Waals surface area contributed by atoms with Gasteiger partial charge < -0.3 is 9.73 Å². The number of hydrogen-bond donors (Lipinski definition) is 1. The second-order valence-corrected chi connectivity index (χ2v) is 6.67. The molecule has 1 heterocycles. The van der Waals surface area contributed by atoms with E-state index in [1.165, 1.54) is 25.7 Å². The van der Waals surface area contributed by atoms with Crippen LogP contribution in [0.15, 0.2) is 47.1 Å². The van der Waals surface area contributed by atoms with E-state index in [1.54, 1.807) is 12.3 Å². The molecule has 0 atom stereocenters. The van der Waals surface area contributed by atoms with Crippen molar-refractivity contribution in [3.8, 4) is 0 Å². The molecule has 1 aromatic carbocycles. The molecule has 4 nitrogen and oxygen atoms in total. The van der Waals surface area contributed by atoms with Crippen molar-refractivity contribution in [2.24, 2.45) is 0 Å². The molecule has 2 aromatic rings. The molecule has 0 saturated heterocycles. The fraction of sp³-hybridized carbons (Fsp3) is 0.421. The normalized spacial score (nSPS) is 15.1. The van der Waals surface area contributed by atoms with E-state index in [-0.39, 0.29) is 5.91 Å². The molecule has 1 saturated carbocycles. The summed E-state index contributed by atoms with van der Waals surface area (Å²) in [5.74, 6) is 0.943. The zero-order valence-electron chi connectivity index (χ0n) is 13.7. The van der Waals surface area contributed by atoms with Crippen molar-refractivity contribution in [1.82, 2.24) is 4.90 Å². The van der Waals surface area contributed by atoms with Crippen LogP contribution in [-0.4, -0.2) is 23.4 Å². The van der Waals surface area contributed by atoms with Crippen molar-refractivity contribution in [2.75, 3.05) is 11.9 Å². The Morgan fingerprint density at radius 2 is 2.00 bits per heavy atom. The average molecular weight is 347 g/mol. The summed E-state index contributed by atoms with van der Waals surface area (Å²) in [6.45, 7) is 1.48. The van der Waals surface area contributed by atoms with Gasteiger partial charge in [-0.1, -0.05) is 36.6 Å². The molecule has 1 N–H and O–H groups in total. The highest BCUT2D eigenvalue weighted by Gasteiger charge is 2.23. The number of furan rings is 1. The molecule has 0 unspecified atom stereocenters. The summed E-state index contributed by atoms with van der Waals surface area (Å²) in [6, 6.07) is 11.8. The molecule has 128 valence electrons. The topological polar surface area (TPSA) is 45.5 Å². The van der Waals surface area contributed by atoms with Crippen molar-refractivity contribution < 1.29 is 9.21 Å². The predicted molar refractivity (Wildman–Crippen MR) is 96.1 cm³/mol. The van der Waals surface area contributed by atoms with E-state index >= 15 is 0 Å². The number of nitrogens with zero attached hydrogens (tertiary/aromatic N) is 1. The molecule has 1 aliphatic rings. The lowest BCUT2D eigenvalue weighted by atomic mass is 10.2. The minimum atomic E-state index is -0.00876. The smallest absolute Gasteiger partial charge is 0.225 e. The Balaban J connectivity index is 1.56. The molecule has 0 aliphatic heterocycles. The number of nitrogens with one attached hydrogen (secondary N) is 1. The molecule has 0 radical (unpaired) electrons. The monoisotopic (exact) mass is 346 g/mol. The Labute approximate surface area is 147 Å². The van der Waals surface area contributed by atoms with Crippen LogP contribution < -0.4 is 5.32 Å². The maximum absolute atomic E-state index is 12.3. The molecule has 1 fully saturated rings. The zero-order valence-corrected chi connectivity index (χ0v) is 14.5. The summed E-state index contributed by atoms with van der Waals surface area (Å²) < 4.78 is 5.48. The first-order valence-corrected chi connectivity index (χ1v) is 8.91. The summed E-state index contributed by atoms with van der Waals surface area (Å²) in [7, 11) is 0. The number of anilines is 1. The van der Waals surface area contributed by atoms with Gasteiger partial charge in [0.05, 0.1) is 23.5 Å². The summed E-state index contributed by atoms with van der Waals surface area (Å²) in [5.41, 5.74) is 0.669. The molecule has 1 aromatic heterocycles. The highest BCUT2D eigenvalue weighted by atomic mass is 35.5. The Bertz CT molecular complexity index is 651. The maximum Gasteiger partial charge on any atom is 0.225 e. The summed E-state index contributed by atoms with van der Waals surface area (Å²) in [6.07, 6.45) is 7.09. The molecule has 3 rings (SSSR count). The van der Waals surface area contributed by atoms with Gasteiger partial charge in [0.2, 0.25) is 5.91 Å². The Morgan fingerprint density at radius 3 is 2.71 bits per heavy atom. The number of benzene rings is 1. The van der Waals surface area contributed by atoms with Crippen LogP contribution in [0.2, 0.25) is 5.02 Å². The lowest BCUT2D eigenvalue weighted by Crippen LogP contribution is -2.35. The van der Waals surface area contributed by atoms with Gasteiger partial charge in [0.15, 0.2) is 0 Å². The van der Waals surface area contributed by atoms with Crippen molar-refractivity contribution in [2.45, 2.75) is 44.7 Å². The second kappa shape index (κ2) is 8.36. The first kappa shape index (κ1) is 17.1. The van der Waals surface area contributed by atoms with Crippen LogP contribution in [0.5, 0.6) is 0 Å². The number of amides is 1. The third kappa shape index (κ3) is 4.62. The fourth-order valence-electron chi connectivity index (χ4n) is 3.28. The first-order valence-electron chi connectivity index (χ1n) is 8.53. The minimum Gasteiger partial charge on any atom is -0.468 e. The fourth-order valence-corrected chi connectivity index (χ4v) is 3.47. The molecule has 24 heavy (non-hydrogen) atoms. The molecule has 1 amide bonds. The third-order valence-electron chi connectivity index (χ3n) is 4.55. The van der Waals surface area contributed by atoms with Crippen LogP contribution in [0, 0.1) is 0 Å². The van der Waals surface area contributed by atoms with E-state index < -0.39 is 0 Å². The van der Waals surface area contributed by atoms with Gasteiger partial charge >= 0.3 is 0 Å². The van der Waals surface area contributed by atoms with Gasteiger partial charge in [0, 0.05) is 19.0 Å². The average Bonchev–Trinajstić information content (AvgIpc) is 3.27. The van der Waals surface area contributed by atoms with Crippen molar-refractivity contribution in [3.05, 3.63) is 53.4 Å². The summed E-state index contributed by atoms with van der Waals surface area (Å²) in [5, 5.41) is 3.46. The highest BCUT2D eigenvalue weighted by Crippen LogP contribution is 2.25. The molecule has 0 bridgehead atoms. The molecule has 5 heteroatoms. The van der Waals surface area contributed by atoms with Crippen LogP contribution in [-0.2, 0) is 11.3 Å². The largest absolute Gasteiger partial charge is 0.468 e. The van der Waals surface area contributed by atoms with Crippen LogP contribution in [0.1, 0.15) is 37.9 Å². The van der Waals surface area contributed by atoms with Crippen LogP contribution in [0.4, 0.5) is 5.69 Å². The quantitative estimate of drug-likeness (QED) is 0.789. The van der Waals surface area contributed by atoms with Crippen molar-refractivity contribution in [1.29, 1.82) is 0 Å². The zero-order chi connectivity index (χ0) is 16.8. The molecular formula is C19H23ClN2O2. The Morgan fingerprint density at radius 1 is 1.21 bits per heavy atom. The van der Waals surface area contributed by atoms with Crippen molar-refractivity contribution in [3.63, 3.8) is 0 Å². The third-order valence-corrected chi connectivity index (χ3v) is 4.88. The molecule has 0 spiro atoms. The van der Waals surface area contributed by atoms with Gasteiger partial charge in [-0.25, -0.2) is 0 Å². The molecular weight excluding hydrogens is 324 g/mol. The number of rotatable bonds is 7. The Hall–Kier alpha value is -1.78. The number of carbonyl (C=O) groups is 1. The van der Waals surface area contributed by atoms with E-state index in [0.29, 0.717) is 23.2 Å².